The van der Waals surface area contributed by atoms with Gasteiger partial charge in [0, 0.05) is 11.8 Å². The summed E-state index contributed by atoms with van der Waals surface area (Å²) in [4.78, 5) is 11.9. The Bertz CT molecular complexity index is 539. The van der Waals surface area contributed by atoms with Gasteiger partial charge in [0.1, 0.15) is 12.3 Å². The Hall–Kier alpha value is -2.37. The molecular weight excluding hydrogens is 244 g/mol. The largest absolute Gasteiger partial charge is 0.496 e. The van der Waals surface area contributed by atoms with Crippen LogP contribution in [-0.4, -0.2) is 28.0 Å². The molecule has 6 heteroatoms. The van der Waals surface area contributed by atoms with Crippen LogP contribution in [0.25, 0.3) is 0 Å². The Kier molecular flexibility index (Phi) is 4.12. The Morgan fingerprint density at radius 3 is 2.95 bits per heavy atom. The van der Waals surface area contributed by atoms with Crippen molar-refractivity contribution in [1.29, 1.82) is 0 Å². The average molecular weight is 260 g/mol. The molecule has 2 aromatic rings. The molecule has 0 aliphatic heterocycles. The molecule has 1 atom stereocenters. The van der Waals surface area contributed by atoms with Crippen LogP contribution in [0.4, 0.5) is 0 Å². The number of benzene rings is 1. The molecule has 0 saturated heterocycles. The van der Waals surface area contributed by atoms with Crippen LogP contribution >= 0.6 is 0 Å². The van der Waals surface area contributed by atoms with Gasteiger partial charge < -0.3 is 10.1 Å². The highest BCUT2D eigenvalue weighted by Crippen LogP contribution is 2.24. The minimum absolute atomic E-state index is 0.121. The summed E-state index contributed by atoms with van der Waals surface area (Å²) in [5.41, 5.74) is 0.942. The summed E-state index contributed by atoms with van der Waals surface area (Å²) >= 11 is 0. The third-order valence-corrected chi connectivity index (χ3v) is 2.76. The van der Waals surface area contributed by atoms with E-state index in [1.807, 2.05) is 31.2 Å². The molecule has 1 aromatic heterocycles. The van der Waals surface area contributed by atoms with Crippen LogP contribution in [0.5, 0.6) is 5.75 Å². The van der Waals surface area contributed by atoms with Crippen LogP contribution in [0.3, 0.4) is 0 Å². The van der Waals surface area contributed by atoms with Crippen molar-refractivity contribution in [2.75, 3.05) is 7.11 Å². The molecule has 6 nitrogen and oxygen atoms in total. The topological polar surface area (TPSA) is 69.0 Å². The van der Waals surface area contributed by atoms with Gasteiger partial charge in [0.05, 0.1) is 19.3 Å². The van der Waals surface area contributed by atoms with Crippen LogP contribution < -0.4 is 10.1 Å². The monoisotopic (exact) mass is 260 g/mol. The summed E-state index contributed by atoms with van der Waals surface area (Å²) < 4.78 is 6.75. The summed E-state index contributed by atoms with van der Waals surface area (Å²) in [7, 11) is 1.61. The molecule has 0 bridgehead atoms. The first-order chi connectivity index (χ1) is 9.20. The van der Waals surface area contributed by atoms with Gasteiger partial charge in [-0.05, 0) is 13.0 Å². The van der Waals surface area contributed by atoms with Crippen LogP contribution in [0.15, 0.2) is 36.7 Å². The van der Waals surface area contributed by atoms with Gasteiger partial charge in [0.15, 0.2) is 0 Å². The number of carbonyl (C=O) groups excluding carboxylic acids is 1. The number of para-hydroxylation sites is 1. The fraction of sp³-hybridized carbons (Fsp3) is 0.308. The first kappa shape index (κ1) is 13.1. The smallest absolute Gasteiger partial charge is 0.242 e. The number of hydrogen-bond acceptors (Lipinski definition) is 4. The standard InChI is InChI=1S/C13H16N4O2/c1-10(11-5-3-4-6-12(11)19-2)15-13(18)9-17-8-7-14-16-17/h3-8,10H,9H2,1-2H3,(H,15,18)/t10-/m0/s1. The van der Waals surface area contributed by atoms with Crippen LogP contribution in [0.2, 0.25) is 0 Å². The van der Waals surface area contributed by atoms with Gasteiger partial charge in [-0.2, -0.15) is 0 Å². The highest BCUT2D eigenvalue weighted by molar-refractivity contribution is 5.76. The minimum atomic E-state index is -0.132. The normalized spacial score (nSPS) is 11.9. The number of carbonyl (C=O) groups is 1. The van der Waals surface area contributed by atoms with Gasteiger partial charge >= 0.3 is 0 Å². The third kappa shape index (κ3) is 3.31. The Labute approximate surface area is 111 Å². The van der Waals surface area contributed by atoms with Crippen molar-refractivity contribution in [3.63, 3.8) is 0 Å². The maximum absolute atomic E-state index is 11.9. The van der Waals surface area contributed by atoms with E-state index in [0.29, 0.717) is 0 Å². The van der Waals surface area contributed by atoms with E-state index < -0.39 is 0 Å². The van der Waals surface area contributed by atoms with E-state index in [9.17, 15) is 4.79 Å². The van der Waals surface area contributed by atoms with E-state index in [-0.39, 0.29) is 18.5 Å². The van der Waals surface area contributed by atoms with Gasteiger partial charge in [0.2, 0.25) is 5.91 Å². The lowest BCUT2D eigenvalue weighted by molar-refractivity contribution is -0.122. The predicted octanol–water partition coefficient (Wildman–Crippen LogP) is 1.16. The molecule has 0 unspecified atom stereocenters. The first-order valence-electron chi connectivity index (χ1n) is 5.97. The molecule has 19 heavy (non-hydrogen) atoms. The number of methoxy groups -OCH3 is 1. The van der Waals surface area contributed by atoms with E-state index in [1.165, 1.54) is 10.9 Å². The van der Waals surface area contributed by atoms with Crippen molar-refractivity contribution in [2.45, 2.75) is 19.5 Å². The second-order valence-electron chi connectivity index (χ2n) is 4.13. The van der Waals surface area contributed by atoms with Gasteiger partial charge in [-0.15, -0.1) is 5.10 Å². The van der Waals surface area contributed by atoms with E-state index >= 15 is 0 Å². The summed E-state index contributed by atoms with van der Waals surface area (Å²) in [6, 6.07) is 7.48. The maximum atomic E-state index is 11.9. The molecule has 100 valence electrons. The zero-order valence-electron chi connectivity index (χ0n) is 10.9. The molecule has 0 aliphatic rings. The quantitative estimate of drug-likeness (QED) is 0.876. The second-order valence-corrected chi connectivity index (χ2v) is 4.13. The molecule has 0 aliphatic carbocycles. The van der Waals surface area contributed by atoms with Crippen molar-refractivity contribution in [1.82, 2.24) is 20.3 Å². The van der Waals surface area contributed by atoms with Crippen LogP contribution in [-0.2, 0) is 11.3 Å². The van der Waals surface area contributed by atoms with Crippen molar-refractivity contribution >= 4 is 5.91 Å². The van der Waals surface area contributed by atoms with Gasteiger partial charge in [0.25, 0.3) is 0 Å². The summed E-state index contributed by atoms with van der Waals surface area (Å²) in [6.07, 6.45) is 3.18. The van der Waals surface area contributed by atoms with Gasteiger partial charge in [-0.3, -0.25) is 4.79 Å². The Balaban J connectivity index is 2.00. The molecule has 2 rings (SSSR count). The minimum Gasteiger partial charge on any atom is -0.496 e. The van der Waals surface area contributed by atoms with E-state index in [2.05, 4.69) is 15.6 Å². The van der Waals surface area contributed by atoms with Crippen molar-refractivity contribution < 1.29 is 9.53 Å². The molecule has 1 heterocycles. The summed E-state index contributed by atoms with van der Waals surface area (Å²) in [5, 5.41) is 10.3. The van der Waals surface area contributed by atoms with Crippen LogP contribution in [0, 0.1) is 0 Å². The zero-order chi connectivity index (χ0) is 13.7. The van der Waals surface area contributed by atoms with E-state index in [1.54, 1.807) is 13.3 Å². The molecule has 1 amide bonds. The highest BCUT2D eigenvalue weighted by atomic mass is 16.5. The van der Waals surface area contributed by atoms with Gasteiger partial charge in [-0.1, -0.05) is 23.4 Å². The zero-order valence-corrected chi connectivity index (χ0v) is 10.9. The Morgan fingerprint density at radius 2 is 2.26 bits per heavy atom. The molecule has 0 saturated carbocycles. The summed E-state index contributed by atoms with van der Waals surface area (Å²) in [5.74, 6) is 0.639. The number of aromatic nitrogens is 3. The van der Waals surface area contributed by atoms with E-state index in [0.717, 1.165) is 11.3 Å². The number of nitrogens with zero attached hydrogens (tertiary/aromatic N) is 3. The maximum Gasteiger partial charge on any atom is 0.242 e. The molecule has 0 spiro atoms. The van der Waals surface area contributed by atoms with Crippen molar-refractivity contribution in [3.8, 4) is 5.75 Å². The van der Waals surface area contributed by atoms with Crippen molar-refractivity contribution in [3.05, 3.63) is 42.2 Å². The van der Waals surface area contributed by atoms with E-state index in [4.69, 9.17) is 4.74 Å². The highest BCUT2D eigenvalue weighted by Gasteiger charge is 2.13. The number of hydrogen-bond donors (Lipinski definition) is 1. The predicted molar refractivity (Wildman–Crippen MR) is 69.6 cm³/mol. The third-order valence-electron chi connectivity index (χ3n) is 2.76. The summed E-state index contributed by atoms with van der Waals surface area (Å²) in [6.45, 7) is 2.07. The Morgan fingerprint density at radius 1 is 1.47 bits per heavy atom. The number of rotatable bonds is 5. The SMILES string of the molecule is COc1ccccc1[C@H](C)NC(=O)Cn1ccnn1. The number of amides is 1. The lowest BCUT2D eigenvalue weighted by Gasteiger charge is -2.17. The number of ether oxygens (including phenoxy) is 1. The average Bonchev–Trinajstić information content (AvgIpc) is 2.91. The van der Waals surface area contributed by atoms with Crippen molar-refractivity contribution in [2.24, 2.45) is 0 Å². The molecule has 1 aromatic carbocycles. The van der Waals surface area contributed by atoms with Crippen LogP contribution in [0.1, 0.15) is 18.5 Å². The molecular formula is C13H16N4O2. The first-order valence-corrected chi connectivity index (χ1v) is 5.97. The lowest BCUT2D eigenvalue weighted by Crippen LogP contribution is -2.30. The lowest BCUT2D eigenvalue weighted by atomic mass is 10.1. The molecule has 0 fully saturated rings. The molecule has 0 radical (unpaired) electrons. The fourth-order valence-corrected chi connectivity index (χ4v) is 1.85. The second kappa shape index (κ2) is 5.99. The fourth-order valence-electron chi connectivity index (χ4n) is 1.85. The number of nitrogens with one attached hydrogen (secondary N) is 1. The van der Waals surface area contributed by atoms with Gasteiger partial charge in [-0.25, -0.2) is 4.68 Å². The molecule has 1 N–H and O–H groups in total.